The molecule has 0 amide bonds. The van der Waals surface area contributed by atoms with Crippen LogP contribution >= 0.6 is 22.9 Å². The molecule has 0 unspecified atom stereocenters. The second-order valence-electron chi connectivity index (χ2n) is 3.75. The highest BCUT2D eigenvalue weighted by molar-refractivity contribution is 7.19. The van der Waals surface area contributed by atoms with E-state index in [2.05, 4.69) is 16.9 Å². The summed E-state index contributed by atoms with van der Waals surface area (Å²) in [6.07, 6.45) is 3.59. The maximum Gasteiger partial charge on any atom is 0.129 e. The summed E-state index contributed by atoms with van der Waals surface area (Å²) in [6, 6.07) is 7.84. The Morgan fingerprint density at radius 2 is 1.74 bits per heavy atom. The number of aryl methyl sites for hydroxylation is 1. The first-order valence-corrected chi connectivity index (χ1v) is 7.41. The van der Waals surface area contributed by atoms with Gasteiger partial charge in [-0.1, -0.05) is 25.4 Å². The molecule has 0 bridgehead atoms. The van der Waals surface area contributed by atoms with Crippen molar-refractivity contribution in [2.45, 2.75) is 20.8 Å². The highest BCUT2D eigenvalue weighted by Crippen LogP contribution is 2.37. The number of thiophene rings is 1. The minimum absolute atomic E-state index is 0.533. The van der Waals surface area contributed by atoms with Gasteiger partial charge in [0, 0.05) is 22.8 Å². The number of nitrogens with zero attached hydrogens (tertiary/aromatic N) is 2. The highest BCUT2D eigenvalue weighted by Gasteiger charge is 2.12. The standard InChI is InChI=1S/C13H9ClN2S.C2H6/c1-8-12(9-4-6-15-7-5-9)13-10(17-8)2-3-11(14)16-13;1-2/h2-7H,1H3;1-2H3. The number of pyridine rings is 2. The minimum atomic E-state index is 0.533. The Kier molecular flexibility index (Phi) is 4.51. The molecule has 0 fully saturated rings. The summed E-state index contributed by atoms with van der Waals surface area (Å²) in [5.74, 6) is 0. The van der Waals surface area contributed by atoms with Gasteiger partial charge in [-0.05, 0) is 36.8 Å². The lowest BCUT2D eigenvalue weighted by Gasteiger charge is -2.00. The number of aromatic nitrogens is 2. The van der Waals surface area contributed by atoms with Gasteiger partial charge in [0.1, 0.15) is 5.15 Å². The quantitative estimate of drug-likeness (QED) is 0.565. The molecule has 0 N–H and O–H groups in total. The molecule has 3 aromatic rings. The van der Waals surface area contributed by atoms with Crippen LogP contribution in [-0.2, 0) is 0 Å². The van der Waals surface area contributed by atoms with E-state index in [4.69, 9.17) is 11.6 Å². The Balaban J connectivity index is 0.000000637. The summed E-state index contributed by atoms with van der Waals surface area (Å²) >= 11 is 7.71. The fourth-order valence-electron chi connectivity index (χ4n) is 1.93. The molecule has 98 valence electrons. The lowest BCUT2D eigenvalue weighted by molar-refractivity contribution is 1.33. The van der Waals surface area contributed by atoms with E-state index in [-0.39, 0.29) is 0 Å². The van der Waals surface area contributed by atoms with E-state index in [9.17, 15) is 0 Å². The van der Waals surface area contributed by atoms with Crippen LogP contribution in [0, 0.1) is 6.92 Å². The van der Waals surface area contributed by atoms with Crippen LogP contribution in [0.25, 0.3) is 21.3 Å². The van der Waals surface area contributed by atoms with Crippen LogP contribution in [0.1, 0.15) is 18.7 Å². The molecule has 3 rings (SSSR count). The molecule has 0 aliphatic heterocycles. The van der Waals surface area contributed by atoms with Crippen LogP contribution in [0.5, 0.6) is 0 Å². The van der Waals surface area contributed by atoms with Crippen molar-refractivity contribution in [1.82, 2.24) is 9.97 Å². The van der Waals surface area contributed by atoms with Crippen LogP contribution in [-0.4, -0.2) is 9.97 Å². The SMILES string of the molecule is CC.Cc1sc2ccc(Cl)nc2c1-c1ccncc1. The molecule has 3 heterocycles. The van der Waals surface area contributed by atoms with Gasteiger partial charge in [-0.3, -0.25) is 4.98 Å². The summed E-state index contributed by atoms with van der Waals surface area (Å²) in [6.45, 7) is 6.11. The highest BCUT2D eigenvalue weighted by atomic mass is 35.5. The predicted molar refractivity (Wildman–Crippen MR) is 83.9 cm³/mol. The van der Waals surface area contributed by atoms with Gasteiger partial charge < -0.3 is 0 Å². The normalized spacial score (nSPS) is 10.1. The number of fused-ring (bicyclic) bond motifs is 1. The fourth-order valence-corrected chi connectivity index (χ4v) is 3.10. The topological polar surface area (TPSA) is 25.8 Å². The summed E-state index contributed by atoms with van der Waals surface area (Å²) in [7, 11) is 0. The summed E-state index contributed by atoms with van der Waals surface area (Å²) in [5.41, 5.74) is 3.28. The van der Waals surface area contributed by atoms with E-state index in [0.29, 0.717) is 5.15 Å². The van der Waals surface area contributed by atoms with Crippen LogP contribution < -0.4 is 0 Å². The van der Waals surface area contributed by atoms with Gasteiger partial charge in [0.25, 0.3) is 0 Å². The average Bonchev–Trinajstić information content (AvgIpc) is 2.77. The molecule has 0 radical (unpaired) electrons. The number of halogens is 1. The molecule has 0 aromatic carbocycles. The molecule has 0 atom stereocenters. The third kappa shape index (κ3) is 2.77. The Morgan fingerprint density at radius 1 is 1.05 bits per heavy atom. The lowest BCUT2D eigenvalue weighted by Crippen LogP contribution is -1.82. The molecule has 0 saturated heterocycles. The molecule has 2 nitrogen and oxygen atoms in total. The van der Waals surface area contributed by atoms with E-state index in [0.717, 1.165) is 16.6 Å². The van der Waals surface area contributed by atoms with Crippen molar-refractivity contribution in [1.29, 1.82) is 0 Å². The van der Waals surface area contributed by atoms with Gasteiger partial charge in [0.2, 0.25) is 0 Å². The zero-order valence-electron chi connectivity index (χ0n) is 11.1. The van der Waals surface area contributed by atoms with Gasteiger partial charge >= 0.3 is 0 Å². The first-order chi connectivity index (χ1) is 9.25. The monoisotopic (exact) mass is 290 g/mol. The molecule has 0 aliphatic rings. The molecular weight excluding hydrogens is 276 g/mol. The average molecular weight is 291 g/mol. The van der Waals surface area contributed by atoms with E-state index in [1.165, 1.54) is 9.58 Å². The molecule has 0 saturated carbocycles. The zero-order chi connectivity index (χ0) is 13.8. The van der Waals surface area contributed by atoms with Gasteiger partial charge in [-0.15, -0.1) is 11.3 Å². The van der Waals surface area contributed by atoms with E-state index >= 15 is 0 Å². The summed E-state index contributed by atoms with van der Waals surface area (Å²) in [5, 5.41) is 0.533. The minimum Gasteiger partial charge on any atom is -0.265 e. The van der Waals surface area contributed by atoms with E-state index < -0.39 is 0 Å². The van der Waals surface area contributed by atoms with Crippen LogP contribution in [0.15, 0.2) is 36.7 Å². The van der Waals surface area contributed by atoms with Crippen LogP contribution in [0.4, 0.5) is 0 Å². The Hall–Kier alpha value is -1.45. The fraction of sp³-hybridized carbons (Fsp3) is 0.200. The molecule has 3 aromatic heterocycles. The molecular formula is C15H15ClN2S. The van der Waals surface area contributed by atoms with Crippen molar-refractivity contribution in [2.24, 2.45) is 0 Å². The van der Waals surface area contributed by atoms with Gasteiger partial charge in [0.15, 0.2) is 0 Å². The lowest BCUT2D eigenvalue weighted by atomic mass is 10.1. The molecule has 0 aliphatic carbocycles. The molecule has 19 heavy (non-hydrogen) atoms. The predicted octanol–water partition coefficient (Wildman–Crippen LogP) is 5.35. The second kappa shape index (κ2) is 6.13. The maximum atomic E-state index is 5.97. The Labute approximate surface area is 122 Å². The van der Waals surface area contributed by atoms with Crippen molar-refractivity contribution in [3.05, 3.63) is 46.7 Å². The van der Waals surface area contributed by atoms with E-state index in [1.54, 1.807) is 23.7 Å². The van der Waals surface area contributed by atoms with Crippen molar-refractivity contribution in [2.75, 3.05) is 0 Å². The van der Waals surface area contributed by atoms with Crippen molar-refractivity contribution < 1.29 is 0 Å². The maximum absolute atomic E-state index is 5.97. The Bertz CT molecular complexity index is 677. The molecule has 4 heteroatoms. The third-order valence-corrected chi connectivity index (χ3v) is 3.92. The van der Waals surface area contributed by atoms with Crippen molar-refractivity contribution >= 4 is 33.2 Å². The van der Waals surface area contributed by atoms with Crippen molar-refractivity contribution in [3.8, 4) is 11.1 Å². The number of rotatable bonds is 1. The van der Waals surface area contributed by atoms with Gasteiger partial charge in [0.05, 0.1) is 10.2 Å². The van der Waals surface area contributed by atoms with Gasteiger partial charge in [-0.2, -0.15) is 0 Å². The van der Waals surface area contributed by atoms with E-state index in [1.807, 2.05) is 38.1 Å². The smallest absolute Gasteiger partial charge is 0.129 e. The number of hydrogen-bond acceptors (Lipinski definition) is 3. The number of hydrogen-bond donors (Lipinski definition) is 0. The Morgan fingerprint density at radius 3 is 2.42 bits per heavy atom. The largest absolute Gasteiger partial charge is 0.265 e. The van der Waals surface area contributed by atoms with Crippen molar-refractivity contribution in [3.63, 3.8) is 0 Å². The third-order valence-electron chi connectivity index (χ3n) is 2.65. The van der Waals surface area contributed by atoms with Crippen LogP contribution in [0.3, 0.4) is 0 Å². The van der Waals surface area contributed by atoms with Gasteiger partial charge in [-0.25, -0.2) is 4.98 Å². The summed E-state index contributed by atoms with van der Waals surface area (Å²) in [4.78, 5) is 9.72. The summed E-state index contributed by atoms with van der Waals surface area (Å²) < 4.78 is 1.17. The molecule has 0 spiro atoms. The zero-order valence-corrected chi connectivity index (χ0v) is 12.7. The first kappa shape index (κ1) is 14.0. The second-order valence-corrected chi connectivity index (χ2v) is 5.39. The first-order valence-electron chi connectivity index (χ1n) is 6.22. The van der Waals surface area contributed by atoms with Crippen LogP contribution in [0.2, 0.25) is 5.15 Å².